The molecular formula is C12H19N3O. The number of rotatable bonds is 3. The monoisotopic (exact) mass is 221 g/mol. The van der Waals surface area contributed by atoms with Gasteiger partial charge in [0, 0.05) is 30.3 Å². The first-order valence-corrected chi connectivity index (χ1v) is 5.89. The largest absolute Gasteiger partial charge is 0.381 e. The topological polar surface area (TPSA) is 47.0 Å². The second-order valence-corrected chi connectivity index (χ2v) is 4.23. The Morgan fingerprint density at radius 2 is 2.19 bits per heavy atom. The molecule has 0 bridgehead atoms. The lowest BCUT2D eigenvalue weighted by Crippen LogP contribution is -2.11. The zero-order valence-electron chi connectivity index (χ0n) is 10.2. The fraction of sp³-hybridized carbons (Fsp3) is 0.667. The van der Waals surface area contributed by atoms with E-state index in [0.717, 1.165) is 49.1 Å². The molecule has 1 unspecified atom stereocenters. The van der Waals surface area contributed by atoms with E-state index in [1.807, 2.05) is 6.92 Å². The quantitative estimate of drug-likeness (QED) is 0.848. The van der Waals surface area contributed by atoms with Gasteiger partial charge in [-0.05, 0) is 27.2 Å². The summed E-state index contributed by atoms with van der Waals surface area (Å²) in [6.45, 7) is 8.65. The minimum atomic E-state index is 0.372. The van der Waals surface area contributed by atoms with E-state index < -0.39 is 0 Å². The molecule has 1 N–H and O–H groups in total. The lowest BCUT2D eigenvalue weighted by Gasteiger charge is -2.13. The van der Waals surface area contributed by atoms with Crippen molar-refractivity contribution < 1.29 is 4.74 Å². The first kappa shape index (κ1) is 11.3. The standard InChI is InChI=1S/C12H19N3O/c1-4-13-11-8(2)9(3)14-12(15-11)10-5-6-16-7-10/h10H,4-7H2,1-3H3,(H,13,14,15). The zero-order valence-corrected chi connectivity index (χ0v) is 10.2. The van der Waals surface area contributed by atoms with Gasteiger partial charge in [-0.1, -0.05) is 0 Å². The zero-order chi connectivity index (χ0) is 11.5. The van der Waals surface area contributed by atoms with Gasteiger partial charge in [0.05, 0.1) is 6.61 Å². The van der Waals surface area contributed by atoms with Crippen molar-refractivity contribution in [3.8, 4) is 0 Å². The summed E-state index contributed by atoms with van der Waals surface area (Å²) >= 11 is 0. The van der Waals surface area contributed by atoms with Crippen LogP contribution in [0.25, 0.3) is 0 Å². The number of hydrogen-bond donors (Lipinski definition) is 1. The third kappa shape index (κ3) is 2.16. The first-order chi connectivity index (χ1) is 7.72. The van der Waals surface area contributed by atoms with Gasteiger partial charge in [-0.2, -0.15) is 0 Å². The third-order valence-electron chi connectivity index (χ3n) is 3.05. The van der Waals surface area contributed by atoms with Crippen LogP contribution >= 0.6 is 0 Å². The summed E-state index contributed by atoms with van der Waals surface area (Å²) < 4.78 is 5.38. The molecule has 0 spiro atoms. The Morgan fingerprint density at radius 1 is 1.38 bits per heavy atom. The van der Waals surface area contributed by atoms with Crippen LogP contribution in [0, 0.1) is 13.8 Å². The van der Waals surface area contributed by atoms with Crippen LogP contribution in [0.3, 0.4) is 0 Å². The molecule has 1 aromatic heterocycles. The Morgan fingerprint density at radius 3 is 2.81 bits per heavy atom. The fourth-order valence-electron chi connectivity index (χ4n) is 1.91. The van der Waals surface area contributed by atoms with Crippen molar-refractivity contribution in [3.63, 3.8) is 0 Å². The van der Waals surface area contributed by atoms with Gasteiger partial charge in [0.25, 0.3) is 0 Å². The molecule has 88 valence electrons. The smallest absolute Gasteiger partial charge is 0.136 e. The molecular weight excluding hydrogens is 202 g/mol. The van der Waals surface area contributed by atoms with Crippen LogP contribution in [-0.4, -0.2) is 29.7 Å². The number of nitrogens with one attached hydrogen (secondary N) is 1. The van der Waals surface area contributed by atoms with Gasteiger partial charge < -0.3 is 10.1 Å². The van der Waals surface area contributed by atoms with E-state index in [1.165, 1.54) is 0 Å². The van der Waals surface area contributed by atoms with Gasteiger partial charge in [-0.25, -0.2) is 9.97 Å². The number of hydrogen-bond acceptors (Lipinski definition) is 4. The van der Waals surface area contributed by atoms with Crippen LogP contribution in [-0.2, 0) is 4.74 Å². The number of nitrogens with zero attached hydrogens (tertiary/aromatic N) is 2. The van der Waals surface area contributed by atoms with Crippen LogP contribution in [0.2, 0.25) is 0 Å². The Balaban J connectivity index is 2.31. The van der Waals surface area contributed by atoms with E-state index in [0.29, 0.717) is 5.92 Å². The Kier molecular flexibility index (Phi) is 3.39. The summed E-state index contributed by atoms with van der Waals surface area (Å²) in [6.07, 6.45) is 1.04. The summed E-state index contributed by atoms with van der Waals surface area (Å²) in [4.78, 5) is 9.17. The van der Waals surface area contributed by atoms with Gasteiger partial charge >= 0.3 is 0 Å². The lowest BCUT2D eigenvalue weighted by molar-refractivity contribution is 0.193. The highest BCUT2D eigenvalue weighted by atomic mass is 16.5. The van der Waals surface area contributed by atoms with Crippen molar-refractivity contribution in [2.24, 2.45) is 0 Å². The van der Waals surface area contributed by atoms with E-state index in [2.05, 4.69) is 29.1 Å². The predicted molar refractivity (Wildman–Crippen MR) is 63.8 cm³/mol. The van der Waals surface area contributed by atoms with Gasteiger partial charge in [0.2, 0.25) is 0 Å². The maximum Gasteiger partial charge on any atom is 0.136 e. The molecule has 2 heterocycles. The highest BCUT2D eigenvalue weighted by Crippen LogP contribution is 2.25. The number of anilines is 1. The second kappa shape index (κ2) is 4.78. The maximum absolute atomic E-state index is 5.38. The summed E-state index contributed by atoms with van der Waals surface area (Å²) in [5.74, 6) is 2.27. The van der Waals surface area contributed by atoms with Crippen molar-refractivity contribution in [3.05, 3.63) is 17.1 Å². The van der Waals surface area contributed by atoms with Crippen molar-refractivity contribution in [2.45, 2.75) is 33.1 Å². The Hall–Kier alpha value is -1.16. The van der Waals surface area contributed by atoms with Crippen molar-refractivity contribution >= 4 is 5.82 Å². The minimum absolute atomic E-state index is 0.372. The summed E-state index contributed by atoms with van der Waals surface area (Å²) in [7, 11) is 0. The number of aromatic nitrogens is 2. The van der Waals surface area contributed by atoms with Gasteiger partial charge in [0.15, 0.2) is 0 Å². The average Bonchev–Trinajstić information content (AvgIpc) is 2.78. The fourth-order valence-corrected chi connectivity index (χ4v) is 1.91. The Bertz CT molecular complexity index is 373. The van der Waals surface area contributed by atoms with Crippen LogP contribution in [0.5, 0.6) is 0 Å². The van der Waals surface area contributed by atoms with Gasteiger partial charge in [-0.15, -0.1) is 0 Å². The SMILES string of the molecule is CCNc1nc(C2CCOC2)nc(C)c1C. The van der Waals surface area contributed by atoms with E-state index >= 15 is 0 Å². The Labute approximate surface area is 96.4 Å². The summed E-state index contributed by atoms with van der Waals surface area (Å²) in [5.41, 5.74) is 2.21. The maximum atomic E-state index is 5.38. The van der Waals surface area contributed by atoms with Crippen LogP contribution < -0.4 is 5.32 Å². The molecule has 1 aliphatic heterocycles. The van der Waals surface area contributed by atoms with Crippen molar-refractivity contribution in [1.82, 2.24) is 9.97 Å². The molecule has 1 atom stereocenters. The second-order valence-electron chi connectivity index (χ2n) is 4.23. The van der Waals surface area contributed by atoms with Crippen molar-refractivity contribution in [2.75, 3.05) is 25.1 Å². The van der Waals surface area contributed by atoms with E-state index in [4.69, 9.17) is 4.74 Å². The average molecular weight is 221 g/mol. The highest BCUT2D eigenvalue weighted by Gasteiger charge is 2.22. The molecule has 2 rings (SSSR count). The lowest BCUT2D eigenvalue weighted by atomic mass is 10.1. The van der Waals surface area contributed by atoms with E-state index in [-0.39, 0.29) is 0 Å². The van der Waals surface area contributed by atoms with Crippen molar-refractivity contribution in [1.29, 1.82) is 0 Å². The predicted octanol–water partition coefficient (Wildman–Crippen LogP) is 2.03. The summed E-state index contributed by atoms with van der Waals surface area (Å²) in [5, 5.41) is 3.29. The number of ether oxygens (including phenoxy) is 1. The van der Waals surface area contributed by atoms with Crippen LogP contribution in [0.4, 0.5) is 5.82 Å². The summed E-state index contributed by atoms with van der Waals surface area (Å²) in [6, 6.07) is 0. The molecule has 1 fully saturated rings. The molecule has 1 aliphatic rings. The minimum Gasteiger partial charge on any atom is -0.381 e. The number of aryl methyl sites for hydroxylation is 1. The molecule has 4 heteroatoms. The molecule has 1 aromatic rings. The highest BCUT2D eigenvalue weighted by molar-refractivity contribution is 5.45. The third-order valence-corrected chi connectivity index (χ3v) is 3.05. The van der Waals surface area contributed by atoms with Crippen LogP contribution in [0.15, 0.2) is 0 Å². The molecule has 0 amide bonds. The molecule has 4 nitrogen and oxygen atoms in total. The normalized spacial score (nSPS) is 20.1. The van der Waals surface area contributed by atoms with E-state index in [9.17, 15) is 0 Å². The van der Waals surface area contributed by atoms with E-state index in [1.54, 1.807) is 0 Å². The molecule has 1 saturated heterocycles. The van der Waals surface area contributed by atoms with Gasteiger partial charge in [-0.3, -0.25) is 0 Å². The molecule has 0 aliphatic carbocycles. The molecule has 16 heavy (non-hydrogen) atoms. The molecule has 0 aromatic carbocycles. The molecule has 0 saturated carbocycles. The first-order valence-electron chi connectivity index (χ1n) is 5.89. The molecule has 0 radical (unpaired) electrons. The van der Waals surface area contributed by atoms with Gasteiger partial charge in [0.1, 0.15) is 11.6 Å². The van der Waals surface area contributed by atoms with Crippen LogP contribution in [0.1, 0.15) is 36.3 Å².